The highest BCUT2D eigenvalue weighted by Crippen LogP contribution is 2.66. The fourth-order valence-electron chi connectivity index (χ4n) is 10.3. The number of carbonyl (C=O) groups is 4. The predicted octanol–water partition coefficient (Wildman–Crippen LogP) is 4.84. The van der Waals surface area contributed by atoms with E-state index in [4.69, 9.17) is 11.6 Å². The van der Waals surface area contributed by atoms with Crippen LogP contribution in [0.1, 0.15) is 34.6 Å². The maximum Gasteiger partial charge on any atom is 0.294 e. The molecule has 0 unspecified atom stereocenters. The molecule has 3 aromatic carbocycles. The lowest BCUT2D eigenvalue weighted by Gasteiger charge is -2.52. The van der Waals surface area contributed by atoms with Gasteiger partial charge in [0.15, 0.2) is 0 Å². The first kappa shape index (κ1) is 27.2. The number of hydrogen-bond acceptors (Lipinski definition) is 7. The van der Waals surface area contributed by atoms with Crippen LogP contribution in [0.2, 0.25) is 5.02 Å². The summed E-state index contributed by atoms with van der Waals surface area (Å²) in [6, 6.07) is 19.0. The Labute approximate surface area is 272 Å². The minimum Gasteiger partial charge on any atom is -0.274 e. The van der Waals surface area contributed by atoms with Crippen LogP contribution in [0.5, 0.6) is 0 Å². The second kappa shape index (κ2) is 8.89. The molecule has 2 saturated heterocycles. The Hall–Kier alpha value is -4.96. The number of amides is 4. The molecule has 0 radical (unpaired) electrons. The maximum absolute atomic E-state index is 14.7. The van der Waals surface area contributed by atoms with Crippen LogP contribution in [0, 0.1) is 57.5 Å². The molecule has 9 aliphatic rings. The van der Waals surface area contributed by atoms with Crippen molar-refractivity contribution in [2.24, 2.45) is 52.4 Å². The van der Waals surface area contributed by atoms with Crippen molar-refractivity contribution >= 4 is 52.8 Å². The van der Waals surface area contributed by atoms with Gasteiger partial charge in [-0.3, -0.25) is 29.3 Å². The summed E-state index contributed by atoms with van der Waals surface area (Å²) in [7, 11) is 0. The molecule has 4 fully saturated rings. The Balaban J connectivity index is 1.16. The van der Waals surface area contributed by atoms with Gasteiger partial charge in [-0.05, 0) is 64.5 Å². The Morgan fingerprint density at radius 1 is 0.809 bits per heavy atom. The maximum atomic E-state index is 14.7. The van der Waals surface area contributed by atoms with Gasteiger partial charge < -0.3 is 0 Å². The molecule has 7 aliphatic carbocycles. The molecule has 232 valence electrons. The molecule has 47 heavy (non-hydrogen) atoms. The normalized spacial score (nSPS) is 36.5. The lowest BCUT2D eigenvalue weighted by molar-refractivity contribution is -0.384. The molecule has 0 spiro atoms. The summed E-state index contributed by atoms with van der Waals surface area (Å²) in [4.78, 5) is 69.5. The molecule has 12 rings (SSSR count). The standard InChI is InChI=1S/C36H25ClN4O6/c37-16-9-12-25(26(13-16)41(46)47)39-32(42)30-27-19-5-1-3-7-23(19)36(31(30)35(39)45,24-8-4-2-6-20(24)27)15-38-40-33(43)28-17-10-11-18(22-14-21(17)22)29(28)34(40)44/h1-13,15,17-18,21-22,27-31H,14H2/b38-15-/t17-,18-,21-,22+,27?,28-,29+,30+,31-,36?/m0/s1. The van der Waals surface area contributed by atoms with Gasteiger partial charge in [-0.1, -0.05) is 72.3 Å². The number of hydrazone groups is 1. The Bertz CT molecular complexity index is 2030. The zero-order chi connectivity index (χ0) is 32.1. The van der Waals surface area contributed by atoms with Crippen LogP contribution in [0.25, 0.3) is 0 Å². The number of carbonyl (C=O) groups excluding carboxylic acids is 4. The van der Waals surface area contributed by atoms with E-state index in [1.54, 1.807) is 0 Å². The first-order chi connectivity index (χ1) is 22.7. The number of rotatable bonds is 4. The van der Waals surface area contributed by atoms with E-state index in [1.807, 2.05) is 48.5 Å². The molecule has 8 atom stereocenters. The molecule has 0 N–H and O–H groups in total. The molecule has 2 aliphatic heterocycles. The van der Waals surface area contributed by atoms with Crippen molar-refractivity contribution in [3.8, 4) is 0 Å². The highest BCUT2D eigenvalue weighted by molar-refractivity contribution is 6.31. The predicted molar refractivity (Wildman–Crippen MR) is 168 cm³/mol. The van der Waals surface area contributed by atoms with Gasteiger partial charge in [-0.25, -0.2) is 4.90 Å². The summed E-state index contributed by atoms with van der Waals surface area (Å²) in [6.07, 6.45) is 6.78. The molecule has 3 aromatic rings. The Kier molecular flexibility index (Phi) is 5.14. The van der Waals surface area contributed by atoms with Gasteiger partial charge in [-0.15, -0.1) is 0 Å². The van der Waals surface area contributed by atoms with Crippen LogP contribution in [0.15, 0.2) is 84.0 Å². The molecule has 10 nitrogen and oxygen atoms in total. The second-order valence-electron chi connectivity index (χ2n) is 13.8. The van der Waals surface area contributed by atoms with Crippen LogP contribution in [-0.2, 0) is 24.6 Å². The first-order valence-electron chi connectivity index (χ1n) is 15.9. The first-order valence-corrected chi connectivity index (χ1v) is 16.2. The van der Waals surface area contributed by atoms with Crippen LogP contribution in [-0.4, -0.2) is 39.8 Å². The van der Waals surface area contributed by atoms with Gasteiger partial charge in [0.1, 0.15) is 5.69 Å². The van der Waals surface area contributed by atoms with Crippen molar-refractivity contribution in [1.82, 2.24) is 5.01 Å². The van der Waals surface area contributed by atoms with Crippen LogP contribution in [0.3, 0.4) is 0 Å². The minimum atomic E-state index is -1.34. The number of nitro benzene ring substituents is 1. The molecule has 11 heteroatoms. The number of nitrogens with zero attached hydrogens (tertiary/aromatic N) is 4. The number of nitro groups is 1. The zero-order valence-corrected chi connectivity index (χ0v) is 25.4. The van der Waals surface area contributed by atoms with E-state index < -0.39 is 57.4 Å². The van der Waals surface area contributed by atoms with Crippen molar-refractivity contribution in [1.29, 1.82) is 0 Å². The van der Waals surface area contributed by atoms with Crippen molar-refractivity contribution in [3.05, 3.63) is 116 Å². The summed E-state index contributed by atoms with van der Waals surface area (Å²) in [6.45, 7) is 0. The average molecular weight is 645 g/mol. The van der Waals surface area contributed by atoms with Crippen LogP contribution < -0.4 is 4.90 Å². The summed E-state index contributed by atoms with van der Waals surface area (Å²) in [5.41, 5.74) is 1.22. The number of benzene rings is 3. The van der Waals surface area contributed by atoms with Crippen molar-refractivity contribution < 1.29 is 24.1 Å². The fourth-order valence-corrected chi connectivity index (χ4v) is 10.5. The van der Waals surface area contributed by atoms with E-state index in [-0.39, 0.29) is 34.4 Å². The van der Waals surface area contributed by atoms with Gasteiger partial charge >= 0.3 is 0 Å². The molecule has 0 aromatic heterocycles. The van der Waals surface area contributed by atoms with E-state index in [0.717, 1.165) is 44.6 Å². The minimum absolute atomic E-state index is 0.0264. The topological polar surface area (TPSA) is 130 Å². The van der Waals surface area contributed by atoms with Gasteiger partial charge in [0.05, 0.1) is 34.0 Å². The Morgan fingerprint density at radius 2 is 1.40 bits per heavy atom. The van der Waals surface area contributed by atoms with Crippen molar-refractivity contribution in [2.75, 3.05) is 4.90 Å². The van der Waals surface area contributed by atoms with Crippen molar-refractivity contribution in [3.63, 3.8) is 0 Å². The van der Waals surface area contributed by atoms with Gasteiger partial charge in [0, 0.05) is 23.2 Å². The third-order valence-electron chi connectivity index (χ3n) is 12.1. The summed E-state index contributed by atoms with van der Waals surface area (Å²) >= 11 is 6.09. The molecule has 2 saturated carbocycles. The molecular formula is C36H25ClN4O6. The van der Waals surface area contributed by atoms with Gasteiger partial charge in [0.25, 0.3) is 17.5 Å². The number of allylic oxidation sites excluding steroid dienone is 2. The van der Waals surface area contributed by atoms with E-state index in [2.05, 4.69) is 17.3 Å². The monoisotopic (exact) mass is 644 g/mol. The molecule has 4 bridgehead atoms. The van der Waals surface area contributed by atoms with Crippen LogP contribution >= 0.6 is 11.6 Å². The number of halogens is 1. The largest absolute Gasteiger partial charge is 0.294 e. The number of imide groups is 2. The third kappa shape index (κ3) is 3.14. The van der Waals surface area contributed by atoms with Crippen molar-refractivity contribution in [2.45, 2.75) is 17.8 Å². The summed E-state index contributed by atoms with van der Waals surface area (Å²) < 4.78 is 0. The molecule has 4 amide bonds. The van der Waals surface area contributed by atoms with Crippen LogP contribution in [0.4, 0.5) is 11.4 Å². The second-order valence-corrected chi connectivity index (χ2v) is 14.3. The molecular weight excluding hydrogens is 620 g/mol. The number of hydrogen-bond donors (Lipinski definition) is 0. The van der Waals surface area contributed by atoms with Gasteiger partial charge in [0.2, 0.25) is 11.8 Å². The summed E-state index contributed by atoms with van der Waals surface area (Å²) in [5, 5.41) is 17.9. The SMILES string of the molecule is O=C1[C@@H]2[C@H]3C=C[C@@H]([C@@H]4C[C@H]34)[C@@H]2C(=O)N1/N=C\C12c3ccccc3C(c3ccccc31)[C@H]1C(=O)N(c3ccc(Cl)cc3[N+](=O)[O-])C(=O)[C@H]12. The number of anilines is 1. The zero-order valence-electron chi connectivity index (χ0n) is 24.6. The average Bonchev–Trinajstić information content (AvgIpc) is 3.81. The third-order valence-corrected chi connectivity index (χ3v) is 12.3. The lowest BCUT2D eigenvalue weighted by atomic mass is 9.47. The highest BCUT2D eigenvalue weighted by Gasteiger charge is 2.70. The fraction of sp³-hybridized carbons (Fsp3) is 0.306. The quantitative estimate of drug-likeness (QED) is 0.131. The molecule has 2 heterocycles. The summed E-state index contributed by atoms with van der Waals surface area (Å²) in [5.74, 6) is -4.23. The van der Waals surface area contributed by atoms with E-state index in [0.29, 0.717) is 11.8 Å². The highest BCUT2D eigenvalue weighted by atomic mass is 35.5. The van der Waals surface area contributed by atoms with E-state index in [1.165, 1.54) is 18.3 Å². The van der Waals surface area contributed by atoms with Gasteiger partial charge in [-0.2, -0.15) is 10.1 Å². The van der Waals surface area contributed by atoms with E-state index in [9.17, 15) is 29.3 Å². The smallest absolute Gasteiger partial charge is 0.274 e. The van der Waals surface area contributed by atoms with E-state index >= 15 is 0 Å². The lowest BCUT2D eigenvalue weighted by Crippen LogP contribution is -2.55. The Morgan fingerprint density at radius 3 is 2.00 bits per heavy atom.